The Balaban J connectivity index is 1.87. The number of fused-ring (bicyclic) bond motifs is 1. The maximum Gasteiger partial charge on any atom is 0.169 e. The SMILES string of the molecule is CNC(CC1=CCCCC1)c1cc2cccc(F)c2o1. The van der Waals surface area contributed by atoms with Gasteiger partial charge in [0, 0.05) is 5.39 Å². The number of para-hydroxylation sites is 1. The fraction of sp³-hybridized carbons (Fsp3) is 0.412. The molecule has 0 aliphatic heterocycles. The molecule has 1 atom stereocenters. The first-order valence-electron chi connectivity index (χ1n) is 7.31. The summed E-state index contributed by atoms with van der Waals surface area (Å²) in [5, 5.41) is 4.12. The highest BCUT2D eigenvalue weighted by molar-refractivity contribution is 5.78. The molecule has 0 radical (unpaired) electrons. The Morgan fingerprint density at radius 1 is 1.35 bits per heavy atom. The molecule has 2 nitrogen and oxygen atoms in total. The summed E-state index contributed by atoms with van der Waals surface area (Å²) in [6.45, 7) is 0. The van der Waals surface area contributed by atoms with E-state index in [0.29, 0.717) is 5.58 Å². The van der Waals surface area contributed by atoms with E-state index in [4.69, 9.17) is 4.42 Å². The van der Waals surface area contributed by atoms with Crippen molar-refractivity contribution in [3.05, 3.63) is 47.5 Å². The predicted octanol–water partition coefficient (Wildman–Crippen LogP) is 4.72. The van der Waals surface area contributed by atoms with Crippen molar-refractivity contribution in [3.63, 3.8) is 0 Å². The lowest BCUT2D eigenvalue weighted by molar-refractivity contribution is 0.435. The maximum atomic E-state index is 13.7. The molecule has 0 amide bonds. The van der Waals surface area contributed by atoms with Gasteiger partial charge in [-0.25, -0.2) is 4.39 Å². The maximum absolute atomic E-state index is 13.7. The van der Waals surface area contributed by atoms with Gasteiger partial charge >= 0.3 is 0 Å². The Hall–Kier alpha value is -1.61. The summed E-state index contributed by atoms with van der Waals surface area (Å²) >= 11 is 0. The van der Waals surface area contributed by atoms with Crippen molar-refractivity contribution in [3.8, 4) is 0 Å². The minimum absolute atomic E-state index is 0.117. The number of hydrogen-bond donors (Lipinski definition) is 1. The molecule has 0 saturated carbocycles. The molecule has 0 bridgehead atoms. The van der Waals surface area contributed by atoms with Crippen LogP contribution in [0.15, 0.2) is 40.3 Å². The standard InChI is InChI=1S/C17H20FNO/c1-19-15(10-12-6-3-2-4-7-12)16-11-13-8-5-9-14(18)17(13)20-16/h5-6,8-9,11,15,19H,2-4,7,10H2,1H3. The summed E-state index contributed by atoms with van der Waals surface area (Å²) in [6.07, 6.45) is 8.21. The van der Waals surface area contributed by atoms with E-state index in [1.54, 1.807) is 6.07 Å². The molecule has 3 heteroatoms. The van der Waals surface area contributed by atoms with Gasteiger partial charge < -0.3 is 9.73 Å². The van der Waals surface area contributed by atoms with Crippen molar-refractivity contribution in [2.45, 2.75) is 38.1 Å². The molecule has 3 rings (SSSR count). The van der Waals surface area contributed by atoms with Crippen LogP contribution in [0.5, 0.6) is 0 Å². The molecule has 1 aromatic carbocycles. The van der Waals surface area contributed by atoms with Gasteiger partial charge in [0.25, 0.3) is 0 Å². The Morgan fingerprint density at radius 2 is 2.25 bits per heavy atom. The second-order valence-corrected chi connectivity index (χ2v) is 5.46. The number of nitrogens with one attached hydrogen (secondary N) is 1. The summed E-state index contributed by atoms with van der Waals surface area (Å²) in [5.41, 5.74) is 1.84. The lowest BCUT2D eigenvalue weighted by Gasteiger charge is -2.18. The topological polar surface area (TPSA) is 25.2 Å². The van der Waals surface area contributed by atoms with Crippen LogP contribution < -0.4 is 5.32 Å². The van der Waals surface area contributed by atoms with Crippen LogP contribution in [0.25, 0.3) is 11.0 Å². The molecule has 0 saturated heterocycles. The molecule has 1 unspecified atom stereocenters. The van der Waals surface area contributed by atoms with E-state index < -0.39 is 0 Å². The highest BCUT2D eigenvalue weighted by Gasteiger charge is 2.18. The van der Waals surface area contributed by atoms with Crippen molar-refractivity contribution < 1.29 is 8.81 Å². The highest BCUT2D eigenvalue weighted by Crippen LogP contribution is 2.31. The largest absolute Gasteiger partial charge is 0.456 e. The van der Waals surface area contributed by atoms with E-state index in [2.05, 4.69) is 11.4 Å². The number of rotatable bonds is 4. The van der Waals surface area contributed by atoms with Crippen LogP contribution in [-0.2, 0) is 0 Å². The minimum Gasteiger partial charge on any atom is -0.456 e. The monoisotopic (exact) mass is 273 g/mol. The number of benzene rings is 1. The zero-order chi connectivity index (χ0) is 13.9. The van der Waals surface area contributed by atoms with E-state index in [-0.39, 0.29) is 11.9 Å². The quantitative estimate of drug-likeness (QED) is 0.815. The molecule has 20 heavy (non-hydrogen) atoms. The molecule has 106 valence electrons. The molecule has 1 aliphatic carbocycles. The number of allylic oxidation sites excluding steroid dienone is 1. The van der Waals surface area contributed by atoms with Crippen LogP contribution in [0.2, 0.25) is 0 Å². The molecule has 1 aromatic heterocycles. The lowest BCUT2D eigenvalue weighted by atomic mass is 9.93. The zero-order valence-corrected chi connectivity index (χ0v) is 11.8. The van der Waals surface area contributed by atoms with Crippen molar-refractivity contribution in [2.24, 2.45) is 0 Å². The lowest BCUT2D eigenvalue weighted by Crippen LogP contribution is -2.16. The van der Waals surface area contributed by atoms with Gasteiger partial charge in [0.2, 0.25) is 0 Å². The van der Waals surface area contributed by atoms with Crippen molar-refractivity contribution in [1.29, 1.82) is 0 Å². The second kappa shape index (κ2) is 5.80. The Morgan fingerprint density at radius 3 is 2.95 bits per heavy atom. The van der Waals surface area contributed by atoms with Crippen molar-refractivity contribution >= 4 is 11.0 Å². The number of hydrogen-bond acceptors (Lipinski definition) is 2. The summed E-state index contributed by atoms with van der Waals surface area (Å²) in [7, 11) is 1.93. The van der Waals surface area contributed by atoms with E-state index in [9.17, 15) is 4.39 Å². The van der Waals surface area contributed by atoms with Crippen LogP contribution in [0.1, 0.15) is 43.9 Å². The van der Waals surface area contributed by atoms with E-state index in [1.807, 2.05) is 19.2 Å². The van der Waals surface area contributed by atoms with Crippen molar-refractivity contribution in [1.82, 2.24) is 5.32 Å². The molecule has 1 aliphatic rings. The molecule has 0 fully saturated rings. The minimum atomic E-state index is -0.291. The molecule has 0 spiro atoms. The van der Waals surface area contributed by atoms with Gasteiger partial charge in [-0.3, -0.25) is 0 Å². The van der Waals surface area contributed by atoms with Crippen LogP contribution >= 0.6 is 0 Å². The third-order valence-corrected chi connectivity index (χ3v) is 4.06. The van der Waals surface area contributed by atoms with Crippen LogP contribution in [-0.4, -0.2) is 7.05 Å². The first kappa shape index (κ1) is 13.4. The van der Waals surface area contributed by atoms with E-state index >= 15 is 0 Å². The third kappa shape index (κ3) is 2.63. The fourth-order valence-electron chi connectivity index (χ4n) is 2.92. The fourth-order valence-corrected chi connectivity index (χ4v) is 2.92. The Labute approximate surface area is 118 Å². The second-order valence-electron chi connectivity index (χ2n) is 5.46. The van der Waals surface area contributed by atoms with Gasteiger partial charge in [-0.1, -0.05) is 23.8 Å². The van der Waals surface area contributed by atoms with Gasteiger partial charge in [-0.05, 0) is 51.3 Å². The van der Waals surface area contributed by atoms with Gasteiger partial charge in [0.15, 0.2) is 11.4 Å². The third-order valence-electron chi connectivity index (χ3n) is 4.06. The Kier molecular flexibility index (Phi) is 3.88. The summed E-state index contributed by atoms with van der Waals surface area (Å²) < 4.78 is 19.4. The molecular formula is C17H20FNO. The zero-order valence-electron chi connectivity index (χ0n) is 11.8. The van der Waals surface area contributed by atoms with Crippen LogP contribution in [0, 0.1) is 5.82 Å². The van der Waals surface area contributed by atoms with E-state index in [0.717, 1.165) is 17.6 Å². The van der Waals surface area contributed by atoms with Gasteiger partial charge in [-0.15, -0.1) is 0 Å². The molecule has 2 aromatic rings. The van der Waals surface area contributed by atoms with Crippen LogP contribution in [0.3, 0.4) is 0 Å². The smallest absolute Gasteiger partial charge is 0.169 e. The number of furan rings is 1. The normalized spacial score (nSPS) is 17.2. The first-order chi connectivity index (χ1) is 9.78. The number of halogens is 1. The van der Waals surface area contributed by atoms with Crippen molar-refractivity contribution in [2.75, 3.05) is 7.05 Å². The van der Waals surface area contributed by atoms with Gasteiger partial charge in [0.1, 0.15) is 5.76 Å². The molecular weight excluding hydrogens is 253 g/mol. The molecule has 1 N–H and O–H groups in total. The summed E-state index contributed by atoms with van der Waals surface area (Å²) in [6, 6.07) is 7.11. The first-order valence-corrected chi connectivity index (χ1v) is 7.31. The summed E-state index contributed by atoms with van der Waals surface area (Å²) in [5.74, 6) is 0.527. The Bertz CT molecular complexity index is 629. The van der Waals surface area contributed by atoms with E-state index in [1.165, 1.54) is 37.3 Å². The summed E-state index contributed by atoms with van der Waals surface area (Å²) in [4.78, 5) is 0. The molecule has 1 heterocycles. The average molecular weight is 273 g/mol. The van der Waals surface area contributed by atoms with Gasteiger partial charge in [-0.2, -0.15) is 0 Å². The predicted molar refractivity (Wildman–Crippen MR) is 79.1 cm³/mol. The average Bonchev–Trinajstić information content (AvgIpc) is 2.91. The van der Waals surface area contributed by atoms with Gasteiger partial charge in [0.05, 0.1) is 6.04 Å². The van der Waals surface area contributed by atoms with Crippen LogP contribution in [0.4, 0.5) is 4.39 Å². The highest BCUT2D eigenvalue weighted by atomic mass is 19.1.